The van der Waals surface area contributed by atoms with Crippen LogP contribution in [0.5, 0.6) is 0 Å². The maximum absolute atomic E-state index is 11.9. The van der Waals surface area contributed by atoms with Crippen molar-refractivity contribution in [2.45, 2.75) is 45.7 Å². The molecule has 0 aliphatic heterocycles. The van der Waals surface area contributed by atoms with E-state index in [1.165, 1.54) is 0 Å². The Balaban J connectivity index is 4.98. The van der Waals surface area contributed by atoms with Gasteiger partial charge in [-0.25, -0.2) is 0 Å². The van der Waals surface area contributed by atoms with E-state index in [0.717, 1.165) is 0 Å². The van der Waals surface area contributed by atoms with Crippen LogP contribution in [0, 0.1) is 0 Å². The summed E-state index contributed by atoms with van der Waals surface area (Å²) in [6, 6.07) is 0. The van der Waals surface area contributed by atoms with Gasteiger partial charge in [0, 0.05) is 0 Å². The van der Waals surface area contributed by atoms with E-state index in [1.807, 2.05) is 4.23 Å². The van der Waals surface area contributed by atoms with Crippen molar-refractivity contribution in [2.24, 2.45) is 5.73 Å². The molecule has 0 unspecified atom stereocenters. The number of nitrogens with zero attached hydrogens (tertiary/aromatic N) is 1. The standard InChI is InChI=1S/C9H22N2O2Si2/c1-14(2,3)11(15(4,5)6)9(13)7-8(10)12/h7H2,1-6H3,(H2,10,12). The summed E-state index contributed by atoms with van der Waals surface area (Å²) in [6.45, 7) is 12.7. The van der Waals surface area contributed by atoms with Gasteiger partial charge in [-0.1, -0.05) is 39.3 Å². The molecule has 0 aliphatic carbocycles. The van der Waals surface area contributed by atoms with Gasteiger partial charge >= 0.3 is 0 Å². The van der Waals surface area contributed by atoms with Gasteiger partial charge in [0.2, 0.25) is 11.8 Å². The van der Waals surface area contributed by atoms with Gasteiger partial charge in [-0.3, -0.25) is 9.59 Å². The molecule has 88 valence electrons. The van der Waals surface area contributed by atoms with Crippen LogP contribution in [0.15, 0.2) is 0 Å². The highest BCUT2D eigenvalue weighted by molar-refractivity contribution is 6.92. The maximum Gasteiger partial charge on any atom is 0.226 e. The van der Waals surface area contributed by atoms with Crippen molar-refractivity contribution < 1.29 is 9.59 Å². The van der Waals surface area contributed by atoms with E-state index in [2.05, 4.69) is 39.3 Å². The average molecular weight is 246 g/mol. The lowest BCUT2D eigenvalue weighted by Gasteiger charge is -2.43. The normalized spacial score (nSPS) is 12.4. The van der Waals surface area contributed by atoms with Crippen molar-refractivity contribution in [3.05, 3.63) is 0 Å². The van der Waals surface area contributed by atoms with E-state index in [1.54, 1.807) is 0 Å². The number of hydrogen-bond acceptors (Lipinski definition) is 2. The molecule has 0 aromatic heterocycles. The summed E-state index contributed by atoms with van der Waals surface area (Å²) in [6.07, 6.45) is -0.158. The van der Waals surface area contributed by atoms with Gasteiger partial charge in [-0.15, -0.1) is 0 Å². The van der Waals surface area contributed by atoms with E-state index >= 15 is 0 Å². The predicted octanol–water partition coefficient (Wildman–Crippen LogP) is 1.36. The third-order valence-electron chi connectivity index (χ3n) is 1.92. The molecule has 15 heavy (non-hydrogen) atoms. The molecule has 0 aliphatic rings. The zero-order valence-electron chi connectivity index (χ0n) is 10.5. The van der Waals surface area contributed by atoms with E-state index in [-0.39, 0.29) is 12.3 Å². The van der Waals surface area contributed by atoms with Crippen molar-refractivity contribution in [1.29, 1.82) is 0 Å². The highest BCUT2D eigenvalue weighted by Crippen LogP contribution is 2.20. The van der Waals surface area contributed by atoms with Crippen LogP contribution in [0.1, 0.15) is 6.42 Å². The first kappa shape index (κ1) is 14.4. The minimum absolute atomic E-state index is 0.0965. The Morgan fingerprint density at radius 1 is 1.00 bits per heavy atom. The second-order valence-electron chi connectivity index (χ2n) is 5.71. The van der Waals surface area contributed by atoms with Crippen LogP contribution in [0.3, 0.4) is 0 Å². The fourth-order valence-corrected chi connectivity index (χ4v) is 11.7. The zero-order valence-corrected chi connectivity index (χ0v) is 12.5. The first-order valence-corrected chi connectivity index (χ1v) is 12.0. The van der Waals surface area contributed by atoms with E-state index < -0.39 is 22.4 Å². The average Bonchev–Trinajstić information content (AvgIpc) is 1.74. The number of rotatable bonds is 4. The molecule has 0 spiro atoms. The molecule has 0 aromatic carbocycles. The van der Waals surface area contributed by atoms with Gasteiger partial charge in [0.25, 0.3) is 0 Å². The summed E-state index contributed by atoms with van der Waals surface area (Å²) in [5.74, 6) is -0.637. The molecule has 0 fully saturated rings. The SMILES string of the molecule is C[Si](C)(C)N(C(=O)CC(N)=O)[Si](C)(C)C. The zero-order chi connectivity index (χ0) is 12.4. The van der Waals surface area contributed by atoms with Gasteiger partial charge in [0.05, 0.1) is 0 Å². The molecule has 0 bridgehead atoms. The Labute approximate surface area is 94.0 Å². The Kier molecular flexibility index (Phi) is 4.30. The smallest absolute Gasteiger partial charge is 0.226 e. The minimum Gasteiger partial charge on any atom is -0.396 e. The van der Waals surface area contributed by atoms with Crippen molar-refractivity contribution >= 4 is 28.3 Å². The van der Waals surface area contributed by atoms with Crippen molar-refractivity contribution in [3.63, 3.8) is 0 Å². The molecular weight excluding hydrogens is 224 g/mol. The highest BCUT2D eigenvalue weighted by Gasteiger charge is 2.38. The summed E-state index contributed by atoms with van der Waals surface area (Å²) < 4.78 is 1.98. The number of primary amides is 1. The monoisotopic (exact) mass is 246 g/mol. The van der Waals surface area contributed by atoms with Crippen LogP contribution in [0.4, 0.5) is 0 Å². The number of amides is 2. The maximum atomic E-state index is 11.9. The molecule has 0 aromatic rings. The van der Waals surface area contributed by atoms with Crippen molar-refractivity contribution in [3.8, 4) is 0 Å². The summed E-state index contributed by atoms with van der Waals surface area (Å²) in [7, 11) is -3.43. The fraction of sp³-hybridized carbons (Fsp3) is 0.778. The molecule has 0 rings (SSSR count). The van der Waals surface area contributed by atoms with E-state index in [9.17, 15) is 9.59 Å². The third kappa shape index (κ3) is 4.61. The highest BCUT2D eigenvalue weighted by atomic mass is 28.4. The van der Waals surface area contributed by atoms with Crippen LogP contribution >= 0.6 is 0 Å². The summed E-state index contributed by atoms with van der Waals surface area (Å²) in [5.41, 5.74) is 5.06. The van der Waals surface area contributed by atoms with Gasteiger partial charge in [-0.2, -0.15) is 0 Å². The van der Waals surface area contributed by atoms with Gasteiger partial charge in [0.15, 0.2) is 0 Å². The fourth-order valence-electron chi connectivity index (χ4n) is 1.98. The molecule has 2 amide bonds. The molecule has 0 saturated carbocycles. The first-order valence-electron chi connectivity index (χ1n) is 5.07. The Bertz CT molecular complexity index is 252. The van der Waals surface area contributed by atoms with Gasteiger partial charge in [-0.05, 0) is 0 Å². The van der Waals surface area contributed by atoms with Crippen LogP contribution in [-0.4, -0.2) is 32.5 Å². The lowest BCUT2D eigenvalue weighted by atomic mass is 10.4. The second-order valence-corrected chi connectivity index (χ2v) is 15.7. The van der Waals surface area contributed by atoms with Gasteiger partial charge in [0.1, 0.15) is 22.9 Å². The quantitative estimate of drug-likeness (QED) is 0.601. The van der Waals surface area contributed by atoms with Crippen LogP contribution in [0.2, 0.25) is 39.3 Å². The molecule has 0 heterocycles. The summed E-state index contributed by atoms with van der Waals surface area (Å²) in [5, 5.41) is 0. The van der Waals surface area contributed by atoms with Crippen LogP contribution in [-0.2, 0) is 9.59 Å². The topological polar surface area (TPSA) is 63.4 Å². The Hall–Kier alpha value is -0.626. The predicted molar refractivity (Wildman–Crippen MR) is 67.3 cm³/mol. The molecular formula is C9H22N2O2Si2. The number of carbonyl (C=O) groups excluding carboxylic acids is 2. The molecule has 0 saturated heterocycles. The molecule has 0 radical (unpaired) electrons. The number of hydrogen-bond donors (Lipinski definition) is 1. The van der Waals surface area contributed by atoms with E-state index in [4.69, 9.17) is 5.73 Å². The number of nitrogens with two attached hydrogens (primary N) is 1. The molecule has 2 N–H and O–H groups in total. The van der Waals surface area contributed by atoms with Crippen LogP contribution in [0.25, 0.3) is 0 Å². The second kappa shape index (κ2) is 4.48. The van der Waals surface area contributed by atoms with E-state index in [0.29, 0.717) is 0 Å². The lowest BCUT2D eigenvalue weighted by molar-refractivity contribution is -0.129. The largest absolute Gasteiger partial charge is 0.396 e. The number of carbonyl (C=O) groups is 2. The van der Waals surface area contributed by atoms with Gasteiger partial charge < -0.3 is 9.96 Å². The third-order valence-corrected chi connectivity index (χ3v) is 9.12. The lowest BCUT2D eigenvalue weighted by Crippen LogP contribution is -2.62. The Morgan fingerprint density at radius 3 is 1.53 bits per heavy atom. The summed E-state index contributed by atoms with van der Waals surface area (Å²) >= 11 is 0. The minimum atomic E-state index is -1.71. The Morgan fingerprint density at radius 2 is 1.33 bits per heavy atom. The van der Waals surface area contributed by atoms with Crippen molar-refractivity contribution in [1.82, 2.24) is 4.23 Å². The molecule has 6 heteroatoms. The first-order chi connectivity index (χ1) is 6.46. The van der Waals surface area contributed by atoms with Crippen molar-refractivity contribution in [2.75, 3.05) is 0 Å². The molecule has 0 atom stereocenters. The van der Waals surface area contributed by atoms with Crippen LogP contribution < -0.4 is 5.73 Å². The summed E-state index contributed by atoms with van der Waals surface area (Å²) in [4.78, 5) is 22.7. The molecule has 4 nitrogen and oxygen atoms in total.